The van der Waals surface area contributed by atoms with Crippen LogP contribution in [-0.2, 0) is 4.79 Å². The minimum absolute atomic E-state index is 0.134. The van der Waals surface area contributed by atoms with Crippen molar-refractivity contribution in [2.45, 2.75) is 13.8 Å². The molecule has 3 rings (SSSR count). The maximum Gasteiger partial charge on any atom is 0.364 e. The summed E-state index contributed by atoms with van der Waals surface area (Å²) in [6, 6.07) is 15.8. The van der Waals surface area contributed by atoms with E-state index >= 15 is 0 Å². The number of carbonyl (C=O) groups is 1. The molecule has 0 fully saturated rings. The Bertz CT molecular complexity index is 931. The van der Waals surface area contributed by atoms with Gasteiger partial charge in [0.2, 0.25) is 0 Å². The molecular weight excluding hydrogens is 332 g/mol. The van der Waals surface area contributed by atoms with E-state index in [0.29, 0.717) is 17.1 Å². The Morgan fingerprint density at radius 2 is 1.65 bits per heavy atom. The van der Waals surface area contributed by atoms with Gasteiger partial charge in [0, 0.05) is 5.56 Å². The Morgan fingerprint density at radius 3 is 2.23 bits per heavy atom. The summed E-state index contributed by atoms with van der Waals surface area (Å²) < 4.78 is 10.6. The smallest absolute Gasteiger partial charge is 0.364 e. The molecule has 0 saturated carbocycles. The van der Waals surface area contributed by atoms with E-state index < -0.39 is 5.97 Å². The van der Waals surface area contributed by atoms with Gasteiger partial charge in [-0.25, -0.2) is 4.79 Å². The van der Waals surface area contributed by atoms with Crippen molar-refractivity contribution in [2.24, 2.45) is 5.10 Å². The second-order valence-corrected chi connectivity index (χ2v) is 5.53. The lowest BCUT2D eigenvalue weighted by atomic mass is 10.1. The van der Waals surface area contributed by atoms with E-state index in [9.17, 15) is 4.79 Å². The average molecular weight is 350 g/mol. The highest BCUT2D eigenvalue weighted by atomic mass is 16.5. The summed E-state index contributed by atoms with van der Waals surface area (Å²) in [7, 11) is 1.57. The molecule has 0 bridgehead atoms. The van der Waals surface area contributed by atoms with Crippen molar-refractivity contribution in [3.05, 3.63) is 71.5 Å². The highest BCUT2D eigenvalue weighted by Gasteiger charge is 2.18. The molecule has 26 heavy (non-hydrogen) atoms. The van der Waals surface area contributed by atoms with Crippen molar-refractivity contribution in [1.82, 2.24) is 15.1 Å². The SMILES string of the molecule is COc1ccc(OC(=O)/C(=N/n2nnc(C)c2C)c2ccccc2)cc1. The van der Waals surface area contributed by atoms with Gasteiger partial charge in [0.15, 0.2) is 5.71 Å². The first-order valence-corrected chi connectivity index (χ1v) is 7.98. The predicted molar refractivity (Wildman–Crippen MR) is 96.5 cm³/mol. The first-order valence-electron chi connectivity index (χ1n) is 7.98. The van der Waals surface area contributed by atoms with Crippen LogP contribution in [0.15, 0.2) is 59.7 Å². The number of rotatable bonds is 5. The molecule has 1 heterocycles. The maximum absolute atomic E-state index is 12.7. The van der Waals surface area contributed by atoms with Crippen LogP contribution in [0, 0.1) is 13.8 Å². The van der Waals surface area contributed by atoms with Crippen molar-refractivity contribution < 1.29 is 14.3 Å². The van der Waals surface area contributed by atoms with E-state index in [-0.39, 0.29) is 5.71 Å². The van der Waals surface area contributed by atoms with Gasteiger partial charge in [0.25, 0.3) is 0 Å². The number of carbonyl (C=O) groups excluding carboxylic acids is 1. The van der Waals surface area contributed by atoms with Gasteiger partial charge < -0.3 is 9.47 Å². The van der Waals surface area contributed by atoms with E-state index in [4.69, 9.17) is 9.47 Å². The quantitative estimate of drug-likeness (QED) is 0.402. The average Bonchev–Trinajstić information content (AvgIpc) is 2.99. The van der Waals surface area contributed by atoms with Crippen LogP contribution in [0.5, 0.6) is 11.5 Å². The highest BCUT2D eigenvalue weighted by Crippen LogP contribution is 2.18. The molecule has 0 radical (unpaired) electrons. The molecule has 132 valence electrons. The van der Waals surface area contributed by atoms with Crippen LogP contribution >= 0.6 is 0 Å². The molecule has 0 aliphatic heterocycles. The number of benzene rings is 2. The number of aryl methyl sites for hydroxylation is 1. The lowest BCUT2D eigenvalue weighted by molar-refractivity contribution is -0.126. The Hall–Kier alpha value is -3.48. The fourth-order valence-electron chi connectivity index (χ4n) is 2.19. The molecule has 3 aromatic rings. The van der Waals surface area contributed by atoms with Gasteiger partial charge in [-0.1, -0.05) is 30.3 Å². The largest absolute Gasteiger partial charge is 0.497 e. The zero-order chi connectivity index (χ0) is 18.5. The Balaban J connectivity index is 1.94. The summed E-state index contributed by atoms with van der Waals surface area (Å²) in [5.74, 6) is 0.482. The third-order valence-electron chi connectivity index (χ3n) is 3.81. The first-order chi connectivity index (χ1) is 12.6. The molecule has 7 heteroatoms. The molecule has 0 unspecified atom stereocenters. The van der Waals surface area contributed by atoms with E-state index in [1.54, 1.807) is 43.5 Å². The molecule has 0 atom stereocenters. The molecule has 0 N–H and O–H groups in total. The van der Waals surface area contributed by atoms with Crippen molar-refractivity contribution >= 4 is 11.7 Å². The zero-order valence-corrected chi connectivity index (χ0v) is 14.7. The molecule has 2 aromatic carbocycles. The number of ether oxygens (including phenoxy) is 2. The van der Waals surface area contributed by atoms with Crippen molar-refractivity contribution in [3.63, 3.8) is 0 Å². The van der Waals surface area contributed by atoms with Crippen LogP contribution < -0.4 is 9.47 Å². The van der Waals surface area contributed by atoms with Gasteiger partial charge in [-0.15, -0.1) is 15.0 Å². The second kappa shape index (κ2) is 7.60. The number of nitrogens with zero attached hydrogens (tertiary/aromatic N) is 4. The van der Waals surface area contributed by atoms with Gasteiger partial charge in [-0.3, -0.25) is 0 Å². The molecule has 1 aromatic heterocycles. The van der Waals surface area contributed by atoms with Crippen LogP contribution in [-0.4, -0.2) is 33.9 Å². The number of methoxy groups -OCH3 is 1. The molecule has 0 amide bonds. The zero-order valence-electron chi connectivity index (χ0n) is 14.7. The summed E-state index contributed by atoms with van der Waals surface area (Å²) in [4.78, 5) is 14.1. The standard InChI is InChI=1S/C19H18N4O3/c1-13-14(2)23(22-20-13)21-18(15-7-5-4-6-8-15)19(24)26-17-11-9-16(25-3)10-12-17/h4-12H,1-3H3/b21-18+. The van der Waals surface area contributed by atoms with E-state index in [1.165, 1.54) is 4.79 Å². The minimum atomic E-state index is -0.589. The number of esters is 1. The van der Waals surface area contributed by atoms with E-state index in [2.05, 4.69) is 15.4 Å². The van der Waals surface area contributed by atoms with Crippen LogP contribution in [0.2, 0.25) is 0 Å². The monoisotopic (exact) mass is 350 g/mol. The van der Waals surface area contributed by atoms with Gasteiger partial charge in [0.05, 0.1) is 18.5 Å². The Kier molecular flexibility index (Phi) is 5.07. The van der Waals surface area contributed by atoms with E-state index in [0.717, 1.165) is 11.4 Å². The summed E-state index contributed by atoms with van der Waals surface area (Å²) in [6.45, 7) is 3.66. The molecule has 7 nitrogen and oxygen atoms in total. The lowest BCUT2D eigenvalue weighted by Gasteiger charge is -2.08. The van der Waals surface area contributed by atoms with Crippen LogP contribution in [0.25, 0.3) is 0 Å². The maximum atomic E-state index is 12.7. The number of hydrogen-bond donors (Lipinski definition) is 0. The van der Waals surface area contributed by atoms with Crippen LogP contribution in [0.4, 0.5) is 0 Å². The number of aromatic nitrogens is 3. The molecular formula is C19H18N4O3. The Morgan fingerprint density at radius 1 is 1.00 bits per heavy atom. The van der Waals surface area contributed by atoms with E-state index in [1.807, 2.05) is 32.0 Å². The molecule has 0 aliphatic rings. The molecule has 0 aliphatic carbocycles. The first kappa shape index (κ1) is 17.3. The van der Waals surface area contributed by atoms with Gasteiger partial charge in [0.1, 0.15) is 11.5 Å². The third-order valence-corrected chi connectivity index (χ3v) is 3.81. The van der Waals surface area contributed by atoms with Crippen molar-refractivity contribution in [3.8, 4) is 11.5 Å². The summed E-state index contributed by atoms with van der Waals surface area (Å²) >= 11 is 0. The summed E-state index contributed by atoms with van der Waals surface area (Å²) in [5, 5.41) is 12.3. The fraction of sp³-hybridized carbons (Fsp3) is 0.158. The number of hydrogen-bond acceptors (Lipinski definition) is 6. The highest BCUT2D eigenvalue weighted by molar-refractivity contribution is 6.43. The fourth-order valence-corrected chi connectivity index (χ4v) is 2.19. The van der Waals surface area contributed by atoms with Crippen molar-refractivity contribution in [2.75, 3.05) is 7.11 Å². The summed E-state index contributed by atoms with van der Waals surface area (Å²) in [5.41, 5.74) is 2.24. The Labute approximate surface area is 150 Å². The van der Waals surface area contributed by atoms with Gasteiger partial charge >= 0.3 is 5.97 Å². The topological polar surface area (TPSA) is 78.6 Å². The van der Waals surface area contributed by atoms with Crippen molar-refractivity contribution in [1.29, 1.82) is 0 Å². The van der Waals surface area contributed by atoms with Gasteiger partial charge in [-0.05, 0) is 43.3 Å². The second-order valence-electron chi connectivity index (χ2n) is 5.53. The molecule has 0 saturated heterocycles. The predicted octanol–water partition coefficient (Wildman–Crippen LogP) is 2.76. The summed E-state index contributed by atoms with van der Waals surface area (Å²) in [6.07, 6.45) is 0. The van der Waals surface area contributed by atoms with Gasteiger partial charge in [-0.2, -0.15) is 0 Å². The van der Waals surface area contributed by atoms with Crippen LogP contribution in [0.1, 0.15) is 17.0 Å². The third kappa shape index (κ3) is 3.77. The molecule has 0 spiro atoms. The van der Waals surface area contributed by atoms with Crippen LogP contribution in [0.3, 0.4) is 0 Å². The lowest BCUT2D eigenvalue weighted by Crippen LogP contribution is -2.23. The normalized spacial score (nSPS) is 11.3. The minimum Gasteiger partial charge on any atom is -0.497 e.